The SMILES string of the molecule is CCCCCCCCCC(=O)OC[C@H](COP(=O)(O)OC[C@H](O)COP(=O)(O)OC[C@@H](COC(=O)CCCCCCCCCCCCCC(C)C)OC(=O)CCCCCCCCCCCCCCCCC(C)CC)OC(=O)CCCCCCCCCCCC(C)C. The number of phosphoric ester groups is 2. The molecule has 0 heterocycles. The van der Waals surface area contributed by atoms with Gasteiger partial charge in [-0.3, -0.25) is 37.3 Å². The fraction of sp³-hybridized carbons (Fsp3) is 0.944. The Morgan fingerprint density at radius 2 is 0.560 bits per heavy atom. The van der Waals surface area contributed by atoms with Crippen LogP contribution in [-0.4, -0.2) is 96.7 Å². The highest BCUT2D eigenvalue weighted by molar-refractivity contribution is 7.47. The van der Waals surface area contributed by atoms with Gasteiger partial charge in [0.1, 0.15) is 19.3 Å². The normalized spacial score (nSPS) is 14.5. The van der Waals surface area contributed by atoms with E-state index in [2.05, 4.69) is 48.5 Å². The molecule has 0 aliphatic heterocycles. The Morgan fingerprint density at radius 3 is 0.835 bits per heavy atom. The summed E-state index contributed by atoms with van der Waals surface area (Å²) in [5.74, 6) is 0.226. The molecule has 3 N–H and O–H groups in total. The molecule has 0 fully saturated rings. The van der Waals surface area contributed by atoms with Gasteiger partial charge in [-0.15, -0.1) is 0 Å². The lowest BCUT2D eigenvalue weighted by molar-refractivity contribution is -0.161. The summed E-state index contributed by atoms with van der Waals surface area (Å²) in [6.07, 6.45) is 47.2. The summed E-state index contributed by atoms with van der Waals surface area (Å²) < 4.78 is 68.3. The highest BCUT2D eigenvalue weighted by Gasteiger charge is 2.30. The van der Waals surface area contributed by atoms with E-state index in [9.17, 15) is 43.2 Å². The molecule has 3 unspecified atom stereocenters. The number of rotatable bonds is 70. The molecule has 0 aromatic heterocycles. The maximum absolute atomic E-state index is 13.0. The standard InChI is InChI=1S/C72H140O17P2/c1-8-10-11-12-29-39-46-53-69(74)82-59-67(88-72(77)56-49-42-35-28-22-24-31-37-44-51-64(5)6)61-86-90(78,79)84-57-66(73)58-85-91(80,81)87-62-68(60-83-70(75)54-47-40-33-26-21-17-18-23-30-36-43-50-63(3)4)89-71(76)55-48-41-34-27-20-16-14-13-15-19-25-32-38-45-52-65(7)9-2/h63-68,73H,8-62H2,1-7H3,(H,78,79)(H,80,81)/t65?,66-,67+,68+/m0/s1. The molecule has 0 rings (SSSR count). The van der Waals surface area contributed by atoms with Gasteiger partial charge in [0, 0.05) is 25.7 Å². The molecular weight excluding hydrogens is 1200 g/mol. The van der Waals surface area contributed by atoms with Crippen molar-refractivity contribution in [3.05, 3.63) is 0 Å². The second kappa shape index (κ2) is 62.8. The predicted octanol–water partition coefficient (Wildman–Crippen LogP) is 20.6. The van der Waals surface area contributed by atoms with Crippen LogP contribution in [0, 0.1) is 17.8 Å². The number of aliphatic hydroxyl groups is 1. The lowest BCUT2D eigenvalue weighted by Crippen LogP contribution is -2.30. The lowest BCUT2D eigenvalue weighted by Gasteiger charge is -2.21. The molecule has 0 aromatic carbocycles. The topological polar surface area (TPSA) is 237 Å². The molecular formula is C72H140O17P2. The molecule has 0 aromatic rings. The summed E-state index contributed by atoms with van der Waals surface area (Å²) in [5.41, 5.74) is 0. The summed E-state index contributed by atoms with van der Waals surface area (Å²) in [6.45, 7) is 11.9. The van der Waals surface area contributed by atoms with Crippen LogP contribution in [0.5, 0.6) is 0 Å². The summed E-state index contributed by atoms with van der Waals surface area (Å²) in [4.78, 5) is 72.5. The molecule has 0 aliphatic carbocycles. The van der Waals surface area contributed by atoms with Gasteiger partial charge < -0.3 is 33.8 Å². The minimum Gasteiger partial charge on any atom is -0.462 e. The molecule has 6 atom stereocenters. The van der Waals surface area contributed by atoms with E-state index in [4.69, 9.17) is 37.0 Å². The molecule has 0 amide bonds. The van der Waals surface area contributed by atoms with Crippen molar-refractivity contribution in [2.75, 3.05) is 39.6 Å². The average Bonchev–Trinajstić information content (AvgIpc) is 2.29. The average molecular weight is 1340 g/mol. The van der Waals surface area contributed by atoms with E-state index in [0.717, 1.165) is 120 Å². The van der Waals surface area contributed by atoms with Gasteiger partial charge in [0.05, 0.1) is 26.4 Å². The summed E-state index contributed by atoms with van der Waals surface area (Å²) in [5, 5.41) is 10.6. The number of carbonyl (C=O) groups excluding carboxylic acids is 4. The van der Waals surface area contributed by atoms with Crippen LogP contribution in [0.1, 0.15) is 363 Å². The number of phosphoric acid groups is 2. The molecule has 0 bridgehead atoms. The number of aliphatic hydroxyl groups excluding tert-OH is 1. The molecule has 0 saturated heterocycles. The maximum atomic E-state index is 13.0. The van der Waals surface area contributed by atoms with Crippen LogP contribution < -0.4 is 0 Å². The van der Waals surface area contributed by atoms with E-state index in [1.54, 1.807) is 0 Å². The largest absolute Gasteiger partial charge is 0.472 e. The Balaban J connectivity index is 5.21. The molecule has 540 valence electrons. The molecule has 0 aliphatic rings. The number of unbranched alkanes of at least 4 members (excludes halogenated alkanes) is 37. The van der Waals surface area contributed by atoms with E-state index < -0.39 is 97.5 Å². The first-order valence-electron chi connectivity index (χ1n) is 37.4. The number of carbonyl (C=O) groups is 4. The summed E-state index contributed by atoms with van der Waals surface area (Å²) in [6, 6.07) is 0. The van der Waals surface area contributed by atoms with Crippen molar-refractivity contribution in [1.29, 1.82) is 0 Å². The molecule has 19 heteroatoms. The Bertz CT molecular complexity index is 1790. The monoisotopic (exact) mass is 1340 g/mol. The molecule has 0 saturated carbocycles. The summed E-state index contributed by atoms with van der Waals surface area (Å²) >= 11 is 0. The van der Waals surface area contributed by atoms with Crippen LogP contribution in [0.2, 0.25) is 0 Å². The highest BCUT2D eigenvalue weighted by atomic mass is 31.2. The Morgan fingerprint density at radius 1 is 0.319 bits per heavy atom. The van der Waals surface area contributed by atoms with Crippen LogP contribution in [-0.2, 0) is 65.4 Å². The lowest BCUT2D eigenvalue weighted by atomic mass is 9.99. The van der Waals surface area contributed by atoms with Crippen molar-refractivity contribution in [1.82, 2.24) is 0 Å². The second-order valence-corrected chi connectivity index (χ2v) is 30.1. The zero-order valence-corrected chi connectivity index (χ0v) is 61.1. The van der Waals surface area contributed by atoms with E-state index in [-0.39, 0.29) is 25.7 Å². The second-order valence-electron chi connectivity index (χ2n) is 27.2. The minimum absolute atomic E-state index is 0.105. The van der Waals surface area contributed by atoms with Gasteiger partial charge in [-0.25, -0.2) is 9.13 Å². The van der Waals surface area contributed by atoms with Crippen molar-refractivity contribution in [3.8, 4) is 0 Å². The number of hydrogen-bond donors (Lipinski definition) is 3. The van der Waals surface area contributed by atoms with E-state index in [1.165, 1.54) is 161 Å². The van der Waals surface area contributed by atoms with E-state index in [0.29, 0.717) is 25.7 Å². The Kier molecular flexibility index (Phi) is 61.5. The maximum Gasteiger partial charge on any atom is 0.472 e. The smallest absolute Gasteiger partial charge is 0.462 e. The van der Waals surface area contributed by atoms with Crippen LogP contribution in [0.4, 0.5) is 0 Å². The molecule has 0 spiro atoms. The number of ether oxygens (including phenoxy) is 4. The van der Waals surface area contributed by atoms with Gasteiger partial charge in [0.15, 0.2) is 12.2 Å². The van der Waals surface area contributed by atoms with Gasteiger partial charge in [0.2, 0.25) is 0 Å². The summed E-state index contributed by atoms with van der Waals surface area (Å²) in [7, 11) is -9.90. The third kappa shape index (κ3) is 65.1. The van der Waals surface area contributed by atoms with Crippen molar-refractivity contribution in [3.63, 3.8) is 0 Å². The minimum atomic E-state index is -4.95. The fourth-order valence-corrected chi connectivity index (χ4v) is 12.4. The Hall–Kier alpha value is -1.94. The van der Waals surface area contributed by atoms with Crippen molar-refractivity contribution >= 4 is 39.5 Å². The van der Waals surface area contributed by atoms with Gasteiger partial charge in [-0.05, 0) is 43.4 Å². The molecule has 91 heavy (non-hydrogen) atoms. The third-order valence-corrected chi connectivity index (χ3v) is 18.9. The van der Waals surface area contributed by atoms with Crippen molar-refractivity contribution in [2.45, 2.75) is 381 Å². The van der Waals surface area contributed by atoms with Gasteiger partial charge >= 0.3 is 39.5 Å². The van der Waals surface area contributed by atoms with Gasteiger partial charge in [-0.1, -0.05) is 312 Å². The quantitative estimate of drug-likeness (QED) is 0.0222. The van der Waals surface area contributed by atoms with Gasteiger partial charge in [0.25, 0.3) is 0 Å². The van der Waals surface area contributed by atoms with Gasteiger partial charge in [-0.2, -0.15) is 0 Å². The predicted molar refractivity (Wildman–Crippen MR) is 368 cm³/mol. The first kappa shape index (κ1) is 89.1. The highest BCUT2D eigenvalue weighted by Crippen LogP contribution is 2.45. The van der Waals surface area contributed by atoms with Crippen molar-refractivity contribution < 1.29 is 80.2 Å². The van der Waals surface area contributed by atoms with Crippen molar-refractivity contribution in [2.24, 2.45) is 17.8 Å². The first-order chi connectivity index (χ1) is 43.8. The van der Waals surface area contributed by atoms with E-state index >= 15 is 0 Å². The molecule has 0 radical (unpaired) electrons. The Labute approximate surface area is 556 Å². The van der Waals surface area contributed by atoms with Crippen LogP contribution >= 0.6 is 15.6 Å². The fourth-order valence-electron chi connectivity index (χ4n) is 10.9. The zero-order chi connectivity index (χ0) is 67.3. The molecule has 17 nitrogen and oxygen atoms in total. The number of esters is 4. The zero-order valence-electron chi connectivity index (χ0n) is 59.3. The third-order valence-electron chi connectivity index (χ3n) is 17.0. The van der Waals surface area contributed by atoms with Crippen LogP contribution in [0.3, 0.4) is 0 Å². The number of hydrogen-bond acceptors (Lipinski definition) is 15. The van der Waals surface area contributed by atoms with Crippen LogP contribution in [0.25, 0.3) is 0 Å². The van der Waals surface area contributed by atoms with Crippen LogP contribution in [0.15, 0.2) is 0 Å². The van der Waals surface area contributed by atoms with E-state index in [1.807, 2.05) is 0 Å². The first-order valence-corrected chi connectivity index (χ1v) is 40.4.